The fraction of sp³-hybridized carbons (Fsp3) is 0.265. The van der Waals surface area contributed by atoms with Crippen molar-refractivity contribution in [3.05, 3.63) is 123 Å². The summed E-state index contributed by atoms with van der Waals surface area (Å²) in [4.78, 5) is 53.8. The summed E-state index contributed by atoms with van der Waals surface area (Å²) in [5.41, 5.74) is 0.333. The summed E-state index contributed by atoms with van der Waals surface area (Å²) in [6, 6.07) is 14.2. The molecule has 1 atom stereocenters. The van der Waals surface area contributed by atoms with Crippen molar-refractivity contribution in [2.24, 2.45) is 4.99 Å². The molecule has 0 bridgehead atoms. The minimum atomic E-state index is -0.875. The zero-order valence-electron chi connectivity index (χ0n) is 27.2. The number of rotatable bonds is 12. The lowest BCUT2D eigenvalue weighted by Gasteiger charge is -2.26. The van der Waals surface area contributed by atoms with Crippen molar-refractivity contribution in [3.8, 4) is 23.0 Å². The van der Waals surface area contributed by atoms with E-state index in [9.17, 15) is 29.8 Å². The molecule has 0 spiro atoms. The molecule has 0 amide bonds. The number of fused-ring (bicyclic) bond motifs is 1. The van der Waals surface area contributed by atoms with Gasteiger partial charge in [-0.25, -0.2) is 9.79 Å². The van der Waals surface area contributed by atoms with Gasteiger partial charge in [0.1, 0.15) is 11.8 Å². The molecule has 0 saturated carbocycles. The number of benzene rings is 3. The van der Waals surface area contributed by atoms with Crippen LogP contribution in [0.2, 0.25) is 0 Å². The third-order valence-corrected chi connectivity index (χ3v) is 8.21. The molecule has 1 aliphatic heterocycles. The maximum absolute atomic E-state index is 14.2. The molecule has 14 nitrogen and oxygen atoms in total. The zero-order chi connectivity index (χ0) is 35.4. The minimum absolute atomic E-state index is 0.119. The van der Waals surface area contributed by atoms with Crippen LogP contribution in [-0.2, 0) is 9.53 Å². The van der Waals surface area contributed by atoms with Crippen molar-refractivity contribution in [1.29, 1.82) is 0 Å². The third-order valence-electron chi connectivity index (χ3n) is 7.23. The summed E-state index contributed by atoms with van der Waals surface area (Å²) in [6.45, 7) is 9.27. The molecule has 2 heterocycles. The van der Waals surface area contributed by atoms with Crippen LogP contribution in [0.3, 0.4) is 0 Å². The Morgan fingerprint density at radius 3 is 2.39 bits per heavy atom. The van der Waals surface area contributed by atoms with Crippen molar-refractivity contribution in [1.82, 2.24) is 4.57 Å². The average Bonchev–Trinajstić information content (AvgIpc) is 3.35. The Bertz CT molecular complexity index is 2170. The van der Waals surface area contributed by atoms with E-state index in [0.29, 0.717) is 31.9 Å². The van der Waals surface area contributed by atoms with Crippen molar-refractivity contribution in [3.63, 3.8) is 0 Å². The summed E-state index contributed by atoms with van der Waals surface area (Å²) < 4.78 is 24.8. The molecule has 0 N–H and O–H groups in total. The fourth-order valence-corrected chi connectivity index (χ4v) is 6.29. The zero-order valence-corrected chi connectivity index (χ0v) is 28.0. The average molecular weight is 689 g/mol. The molecular formula is C34H32N4O10S. The fourth-order valence-electron chi connectivity index (χ4n) is 5.24. The van der Waals surface area contributed by atoms with E-state index in [-0.39, 0.29) is 42.1 Å². The molecular weight excluding hydrogens is 656 g/mol. The summed E-state index contributed by atoms with van der Waals surface area (Å²) in [5, 5.41) is 22.8. The number of non-ortho nitro benzene ring substituents is 1. The van der Waals surface area contributed by atoms with Gasteiger partial charge in [0.25, 0.3) is 11.2 Å². The topological polar surface area (TPSA) is 175 Å². The van der Waals surface area contributed by atoms with Crippen LogP contribution >= 0.6 is 11.3 Å². The number of nitro benzene ring substituents is 2. The van der Waals surface area contributed by atoms with E-state index < -0.39 is 38.8 Å². The largest absolute Gasteiger partial charge is 0.491 e. The maximum Gasteiger partial charge on any atom is 0.338 e. The Morgan fingerprint density at radius 1 is 0.980 bits per heavy atom. The van der Waals surface area contributed by atoms with Gasteiger partial charge in [0, 0.05) is 11.6 Å². The first-order chi connectivity index (χ1) is 23.4. The minimum Gasteiger partial charge on any atom is -0.491 e. The number of thiazole rings is 1. The summed E-state index contributed by atoms with van der Waals surface area (Å²) >= 11 is 1.14. The third kappa shape index (κ3) is 7.21. The van der Waals surface area contributed by atoms with Crippen molar-refractivity contribution < 1.29 is 33.6 Å². The van der Waals surface area contributed by atoms with E-state index in [1.165, 1.54) is 10.6 Å². The van der Waals surface area contributed by atoms with E-state index in [4.69, 9.17) is 18.9 Å². The van der Waals surface area contributed by atoms with Gasteiger partial charge in [0.15, 0.2) is 16.3 Å². The molecule has 49 heavy (non-hydrogen) atoms. The number of allylic oxidation sites excluding steroid dienone is 1. The first-order valence-electron chi connectivity index (χ1n) is 15.3. The highest BCUT2D eigenvalue weighted by Gasteiger charge is 2.35. The van der Waals surface area contributed by atoms with Crippen molar-refractivity contribution in [2.75, 3.05) is 13.2 Å². The highest BCUT2D eigenvalue weighted by atomic mass is 32.1. The monoisotopic (exact) mass is 688 g/mol. The lowest BCUT2D eigenvalue weighted by Crippen LogP contribution is -2.40. The molecule has 5 rings (SSSR count). The second kappa shape index (κ2) is 14.5. The number of esters is 1. The lowest BCUT2D eigenvalue weighted by atomic mass is 9.95. The van der Waals surface area contributed by atoms with Crippen LogP contribution in [0.5, 0.6) is 23.0 Å². The smallest absolute Gasteiger partial charge is 0.338 e. The molecule has 3 aromatic carbocycles. The Balaban J connectivity index is 1.61. The second-order valence-electron chi connectivity index (χ2n) is 10.9. The molecule has 15 heteroatoms. The van der Waals surface area contributed by atoms with Gasteiger partial charge in [0.05, 0.1) is 51.0 Å². The summed E-state index contributed by atoms with van der Waals surface area (Å²) in [7, 11) is 0. The van der Waals surface area contributed by atoms with Crippen LogP contribution in [0.4, 0.5) is 11.4 Å². The predicted molar refractivity (Wildman–Crippen MR) is 180 cm³/mol. The van der Waals surface area contributed by atoms with Gasteiger partial charge in [-0.15, -0.1) is 0 Å². The number of carbonyl (C=O) groups is 1. The standard InChI is InChI=1S/C34H32N4O10S/c1-6-45-28-16-21(12-14-27(28)48-26-15-13-22(37(41)42)18-24(26)38(43)44)17-29-32(39)36-31(23-10-8-9-11-25(23)47-19(3)4)30(33(40)46-7-2)20(5)35-34(36)49-29/h8-19,31H,6-7H2,1-5H3/b29-17-/t31-/m1/s1. The normalized spacial score (nSPS) is 14.2. The van der Waals surface area contributed by atoms with Gasteiger partial charge in [-0.3, -0.25) is 29.6 Å². The Kier molecular flexibility index (Phi) is 10.2. The number of carbonyl (C=O) groups excluding carboxylic acids is 1. The van der Waals surface area contributed by atoms with E-state index in [2.05, 4.69) is 4.99 Å². The van der Waals surface area contributed by atoms with Gasteiger partial charge in [0.2, 0.25) is 5.75 Å². The Labute approximate surface area is 283 Å². The van der Waals surface area contributed by atoms with Gasteiger partial charge in [-0.2, -0.15) is 0 Å². The van der Waals surface area contributed by atoms with Crippen LogP contribution in [-0.4, -0.2) is 39.7 Å². The number of hydrogen-bond acceptors (Lipinski definition) is 12. The first kappa shape index (κ1) is 34.5. The van der Waals surface area contributed by atoms with Crippen LogP contribution in [0.25, 0.3) is 6.08 Å². The molecule has 0 saturated heterocycles. The second-order valence-corrected chi connectivity index (χ2v) is 11.9. The number of ether oxygens (including phenoxy) is 4. The molecule has 0 unspecified atom stereocenters. The predicted octanol–water partition coefficient (Wildman–Crippen LogP) is 5.59. The van der Waals surface area contributed by atoms with Crippen molar-refractivity contribution >= 4 is 34.8 Å². The van der Waals surface area contributed by atoms with Crippen LogP contribution in [0, 0.1) is 20.2 Å². The van der Waals surface area contributed by atoms with Gasteiger partial charge < -0.3 is 18.9 Å². The van der Waals surface area contributed by atoms with E-state index in [1.807, 2.05) is 19.9 Å². The van der Waals surface area contributed by atoms with Gasteiger partial charge >= 0.3 is 11.7 Å². The van der Waals surface area contributed by atoms with Crippen LogP contribution in [0.15, 0.2) is 81.7 Å². The molecule has 1 aromatic heterocycles. The highest BCUT2D eigenvalue weighted by Crippen LogP contribution is 2.39. The quantitative estimate of drug-likeness (QED) is 0.104. The molecule has 4 aromatic rings. The molecule has 1 aliphatic rings. The SMILES string of the molecule is CCOC(=O)C1=C(C)N=c2s/c(=C\c3ccc(Oc4ccc([N+](=O)[O-])cc4[N+](=O)[O-])c(OCC)c3)c(=O)n2[C@@H]1c1ccccc1OC(C)C. The van der Waals surface area contributed by atoms with E-state index in [0.717, 1.165) is 29.5 Å². The van der Waals surface area contributed by atoms with Gasteiger partial charge in [-0.05, 0) is 70.5 Å². The summed E-state index contributed by atoms with van der Waals surface area (Å²) in [5.74, 6) is 0.0436. The molecule has 0 radical (unpaired) electrons. The molecule has 254 valence electrons. The first-order valence-corrected chi connectivity index (χ1v) is 16.1. The highest BCUT2D eigenvalue weighted by molar-refractivity contribution is 7.07. The number of para-hydroxylation sites is 1. The Hall–Kier alpha value is -5.83. The van der Waals surface area contributed by atoms with Crippen molar-refractivity contribution in [2.45, 2.75) is 46.8 Å². The number of aromatic nitrogens is 1. The Morgan fingerprint density at radius 2 is 1.71 bits per heavy atom. The summed E-state index contributed by atoms with van der Waals surface area (Å²) in [6.07, 6.45) is 1.47. The molecule has 0 fully saturated rings. The maximum atomic E-state index is 14.2. The van der Waals surface area contributed by atoms with Gasteiger partial charge in [-0.1, -0.05) is 35.6 Å². The van der Waals surface area contributed by atoms with Crippen LogP contribution in [0.1, 0.15) is 51.8 Å². The number of nitro groups is 2. The molecule has 0 aliphatic carbocycles. The number of hydrogen-bond donors (Lipinski definition) is 0. The number of nitrogens with zero attached hydrogens (tertiary/aromatic N) is 4. The van der Waals surface area contributed by atoms with Crippen LogP contribution < -0.4 is 29.1 Å². The van der Waals surface area contributed by atoms with E-state index in [1.54, 1.807) is 57.2 Å². The van der Waals surface area contributed by atoms with E-state index >= 15 is 0 Å². The lowest BCUT2D eigenvalue weighted by molar-refractivity contribution is -0.394.